The molecule has 0 N–H and O–H groups in total. The Bertz CT molecular complexity index is 621. The van der Waals surface area contributed by atoms with Crippen LogP contribution in [-0.2, 0) is 0 Å². The van der Waals surface area contributed by atoms with Gasteiger partial charge in [0.2, 0.25) is 0 Å². The normalized spacial score (nSPS) is 11.2. The number of aldehydes is 1. The Morgan fingerprint density at radius 3 is 2.15 bits per heavy atom. The molecule has 0 aromatic heterocycles. The van der Waals surface area contributed by atoms with Crippen LogP contribution in [0.1, 0.15) is 10.4 Å². The number of hydrogen-bond acceptors (Lipinski definition) is 2. The van der Waals surface area contributed by atoms with E-state index in [9.17, 15) is 18.0 Å². The number of ether oxygens (including phenoxy) is 1. The molecule has 0 bridgehead atoms. The molecule has 0 atom stereocenters. The molecule has 0 aliphatic carbocycles. The van der Waals surface area contributed by atoms with Gasteiger partial charge in [-0.15, -0.1) is 13.2 Å². The number of carbonyl (C=O) groups is 1. The summed E-state index contributed by atoms with van der Waals surface area (Å²) < 4.78 is 40.3. The molecule has 6 heteroatoms. The molecule has 104 valence electrons. The van der Waals surface area contributed by atoms with Crippen molar-refractivity contribution in [3.05, 3.63) is 53.1 Å². The number of halogens is 4. The third kappa shape index (κ3) is 3.51. The van der Waals surface area contributed by atoms with Crippen LogP contribution >= 0.6 is 11.6 Å². The van der Waals surface area contributed by atoms with Crippen LogP contribution in [0.2, 0.25) is 5.02 Å². The quantitative estimate of drug-likeness (QED) is 0.767. The fourth-order valence-electron chi connectivity index (χ4n) is 1.68. The Kier molecular flexibility index (Phi) is 3.99. The predicted octanol–water partition coefficient (Wildman–Crippen LogP) is 4.72. The first-order valence-corrected chi connectivity index (χ1v) is 5.88. The van der Waals surface area contributed by atoms with Crippen molar-refractivity contribution in [1.29, 1.82) is 0 Å². The molecule has 2 aromatic rings. The molecule has 20 heavy (non-hydrogen) atoms. The van der Waals surface area contributed by atoms with E-state index < -0.39 is 12.1 Å². The maximum absolute atomic E-state index is 12.2. The van der Waals surface area contributed by atoms with E-state index in [1.54, 1.807) is 24.3 Å². The highest BCUT2D eigenvalue weighted by molar-refractivity contribution is 6.30. The molecule has 0 fully saturated rings. The first kappa shape index (κ1) is 14.4. The lowest BCUT2D eigenvalue weighted by Gasteiger charge is -2.12. The summed E-state index contributed by atoms with van der Waals surface area (Å²) in [7, 11) is 0. The van der Waals surface area contributed by atoms with Crippen LogP contribution in [0, 0.1) is 0 Å². The highest BCUT2D eigenvalue weighted by Gasteiger charge is 2.32. The van der Waals surface area contributed by atoms with Gasteiger partial charge in [-0.05, 0) is 35.4 Å². The lowest BCUT2D eigenvalue weighted by Crippen LogP contribution is -2.18. The van der Waals surface area contributed by atoms with Crippen molar-refractivity contribution in [2.24, 2.45) is 0 Å². The van der Waals surface area contributed by atoms with E-state index in [0.29, 0.717) is 16.9 Å². The zero-order valence-electron chi connectivity index (χ0n) is 9.95. The molecule has 0 heterocycles. The zero-order valence-corrected chi connectivity index (χ0v) is 10.7. The second-order valence-corrected chi connectivity index (χ2v) is 4.36. The fourth-order valence-corrected chi connectivity index (χ4v) is 1.81. The Labute approximate surface area is 117 Å². The van der Waals surface area contributed by atoms with Crippen LogP contribution in [0.5, 0.6) is 5.75 Å². The summed E-state index contributed by atoms with van der Waals surface area (Å²) in [6, 6.07) is 10.6. The average Bonchev–Trinajstić information content (AvgIpc) is 2.38. The van der Waals surface area contributed by atoms with Crippen molar-refractivity contribution in [3.63, 3.8) is 0 Å². The molecule has 0 unspecified atom stereocenters. The Balaban J connectivity index is 2.39. The van der Waals surface area contributed by atoms with Gasteiger partial charge in [-0.1, -0.05) is 29.8 Å². The van der Waals surface area contributed by atoms with E-state index in [4.69, 9.17) is 11.6 Å². The van der Waals surface area contributed by atoms with Gasteiger partial charge >= 0.3 is 6.36 Å². The van der Waals surface area contributed by atoms with Gasteiger partial charge in [0.25, 0.3) is 0 Å². The van der Waals surface area contributed by atoms with E-state index >= 15 is 0 Å². The second kappa shape index (κ2) is 5.54. The SMILES string of the molecule is O=Cc1cc(-c2ccc(Cl)cc2)ccc1OC(F)(F)F. The van der Waals surface area contributed by atoms with Gasteiger partial charge in [0, 0.05) is 5.02 Å². The number of rotatable bonds is 3. The maximum Gasteiger partial charge on any atom is 0.573 e. The molecule has 0 saturated heterocycles. The van der Waals surface area contributed by atoms with Gasteiger partial charge in [-0.3, -0.25) is 4.79 Å². The third-order valence-corrected chi connectivity index (χ3v) is 2.79. The summed E-state index contributed by atoms with van der Waals surface area (Å²) in [5, 5.41) is 0.543. The molecule has 2 rings (SSSR count). The molecular weight excluding hydrogens is 293 g/mol. The zero-order chi connectivity index (χ0) is 14.8. The van der Waals surface area contributed by atoms with Crippen LogP contribution in [0.15, 0.2) is 42.5 Å². The first-order valence-electron chi connectivity index (χ1n) is 5.50. The van der Waals surface area contributed by atoms with Gasteiger partial charge in [-0.25, -0.2) is 0 Å². The van der Waals surface area contributed by atoms with E-state index in [1.165, 1.54) is 12.1 Å². The highest BCUT2D eigenvalue weighted by Crippen LogP contribution is 2.30. The molecule has 0 amide bonds. The minimum Gasteiger partial charge on any atom is -0.405 e. The fraction of sp³-hybridized carbons (Fsp3) is 0.0714. The second-order valence-electron chi connectivity index (χ2n) is 3.93. The van der Waals surface area contributed by atoms with Gasteiger partial charge in [-0.2, -0.15) is 0 Å². The van der Waals surface area contributed by atoms with Gasteiger partial charge in [0.05, 0.1) is 5.56 Å². The molecule has 2 nitrogen and oxygen atoms in total. The predicted molar refractivity (Wildman–Crippen MR) is 69.0 cm³/mol. The summed E-state index contributed by atoms with van der Waals surface area (Å²) in [5.41, 5.74) is 1.16. The summed E-state index contributed by atoms with van der Waals surface area (Å²) >= 11 is 5.75. The molecule has 0 aliphatic rings. The minimum atomic E-state index is -4.83. The summed E-state index contributed by atoms with van der Waals surface area (Å²) in [5.74, 6) is -0.523. The van der Waals surface area contributed by atoms with Crippen molar-refractivity contribution < 1.29 is 22.7 Å². The summed E-state index contributed by atoms with van der Waals surface area (Å²) in [6.07, 6.45) is -4.51. The molecular formula is C14H8ClF3O2. The van der Waals surface area contributed by atoms with Crippen LogP contribution in [0.25, 0.3) is 11.1 Å². The number of hydrogen-bond donors (Lipinski definition) is 0. The third-order valence-electron chi connectivity index (χ3n) is 2.54. The number of carbonyl (C=O) groups excluding carboxylic acids is 1. The van der Waals surface area contributed by atoms with Gasteiger partial charge < -0.3 is 4.74 Å². The Morgan fingerprint density at radius 2 is 1.60 bits per heavy atom. The molecule has 0 saturated carbocycles. The van der Waals surface area contributed by atoms with Crippen molar-refractivity contribution in [2.45, 2.75) is 6.36 Å². The Hall–Kier alpha value is -2.01. The smallest absolute Gasteiger partial charge is 0.405 e. The monoisotopic (exact) mass is 300 g/mol. The largest absolute Gasteiger partial charge is 0.573 e. The van der Waals surface area contributed by atoms with E-state index in [-0.39, 0.29) is 5.56 Å². The lowest BCUT2D eigenvalue weighted by molar-refractivity contribution is -0.274. The summed E-state index contributed by atoms with van der Waals surface area (Å²) in [4.78, 5) is 10.9. The van der Waals surface area contributed by atoms with Crippen LogP contribution in [0.4, 0.5) is 13.2 Å². The summed E-state index contributed by atoms with van der Waals surface area (Å²) in [6.45, 7) is 0. The molecule has 0 spiro atoms. The standard InChI is InChI=1S/C14H8ClF3O2/c15-12-4-1-9(2-5-12)10-3-6-13(11(7-10)8-19)20-14(16,17)18/h1-8H. The van der Waals surface area contributed by atoms with E-state index in [2.05, 4.69) is 4.74 Å². The van der Waals surface area contributed by atoms with Crippen LogP contribution in [0.3, 0.4) is 0 Å². The van der Waals surface area contributed by atoms with Gasteiger partial charge in [0.1, 0.15) is 5.75 Å². The van der Waals surface area contributed by atoms with Crippen LogP contribution < -0.4 is 4.74 Å². The van der Waals surface area contributed by atoms with E-state index in [0.717, 1.165) is 11.6 Å². The van der Waals surface area contributed by atoms with E-state index in [1.807, 2.05) is 0 Å². The van der Waals surface area contributed by atoms with Crippen molar-refractivity contribution >= 4 is 17.9 Å². The highest BCUT2D eigenvalue weighted by atomic mass is 35.5. The first-order chi connectivity index (χ1) is 9.39. The average molecular weight is 301 g/mol. The van der Waals surface area contributed by atoms with Crippen molar-refractivity contribution in [2.75, 3.05) is 0 Å². The van der Waals surface area contributed by atoms with Crippen molar-refractivity contribution in [3.8, 4) is 16.9 Å². The maximum atomic E-state index is 12.2. The Morgan fingerprint density at radius 1 is 1.00 bits per heavy atom. The molecule has 0 aliphatic heterocycles. The number of alkyl halides is 3. The number of benzene rings is 2. The van der Waals surface area contributed by atoms with Crippen LogP contribution in [-0.4, -0.2) is 12.6 Å². The minimum absolute atomic E-state index is 0.172. The van der Waals surface area contributed by atoms with Gasteiger partial charge in [0.15, 0.2) is 6.29 Å². The topological polar surface area (TPSA) is 26.3 Å². The van der Waals surface area contributed by atoms with Crippen molar-refractivity contribution in [1.82, 2.24) is 0 Å². The lowest BCUT2D eigenvalue weighted by atomic mass is 10.0. The molecule has 0 radical (unpaired) electrons. The molecule has 2 aromatic carbocycles.